The Hall–Kier alpha value is -15.9. The zero-order valence-corrected chi connectivity index (χ0v) is 65.3. The third-order valence-corrected chi connectivity index (χ3v) is 20.1. The fourth-order valence-electron chi connectivity index (χ4n) is 14.3. The molecule has 4 N–H and O–H groups in total. The Morgan fingerprint density at radius 3 is 0.686 bits per heavy atom. The Kier molecular flexibility index (Phi) is 24.9. The maximum atomic E-state index is 3.57. The molecule has 0 saturated heterocycles. The van der Waals surface area contributed by atoms with Gasteiger partial charge >= 0.3 is 0 Å². The molecule has 0 fully saturated rings. The Morgan fingerprint density at radius 1 is 0.127 bits per heavy atom. The van der Waals surface area contributed by atoms with Crippen molar-refractivity contribution in [3.63, 3.8) is 0 Å². The van der Waals surface area contributed by atoms with E-state index in [2.05, 4.69) is 478 Å². The van der Waals surface area contributed by atoms with Gasteiger partial charge in [0.2, 0.25) is 0 Å². The van der Waals surface area contributed by atoms with E-state index < -0.39 is 0 Å². The SMILES string of the molecule is c1ccc(-c2ccc(Nc3ccc(N(c4ccccc4)c4ccccc4)cc3)cc2)cc1.c1ccc(N(c2ccccc2)c2ccc(Nc3ccc4ccccc4c3)cc2)cc1.c1ccc(N(c2ccccc2)c2ccc(Nc3cccc4ccccc34)cc2)cc1.c1ccc(Nc2ccc(N(c3ccccc3)c3ccccc3)cc2)cc1. The van der Waals surface area contributed by atoms with Crippen LogP contribution >= 0.6 is 0 Å². The molecule has 8 nitrogen and oxygen atoms in total. The number of fused-ring (bicyclic) bond motifs is 2. The average molecular weight is 1520 g/mol. The number of rotatable bonds is 21. The molecule has 0 spiro atoms. The van der Waals surface area contributed by atoms with Crippen LogP contribution in [0.3, 0.4) is 0 Å². The molecule has 8 heteroatoms. The van der Waals surface area contributed by atoms with Crippen LogP contribution in [0.25, 0.3) is 32.7 Å². The molecule has 0 atom stereocenters. The van der Waals surface area contributed by atoms with Gasteiger partial charge < -0.3 is 40.9 Å². The maximum Gasteiger partial charge on any atom is 0.0463 e. The standard InChI is InChI=1S/C30H24N2.2C28H22N2.C24H20N2/c1-4-10-24(11-5-1)25-16-18-26(19-17-25)31-27-20-22-30(23-21-27)32(28-12-6-2-7-13-28)29-14-8-3-9-15-29;1-3-12-24(13-4-1)30(25-14-5-2-6-15-25)26-20-18-23(19-21-26)29-28-17-9-11-22-10-7-8-16-27(22)28;1-3-11-26(12-4-1)30(27-13-5-2-6-14-27)28-19-17-24(18-20-28)29-25-16-15-22-9-7-8-10-23(22)21-25;1-4-10-20(11-5-1)25-21-16-18-24(19-17-21)26(22-12-6-2-7-13-22)23-14-8-3-9-15-23/h1-23,31H;2*1-21,29H;1-19,25H. The van der Waals surface area contributed by atoms with Gasteiger partial charge in [0, 0.05) is 119 Å². The maximum absolute atomic E-state index is 3.57. The predicted octanol–water partition coefficient (Wildman–Crippen LogP) is 31.6. The second-order valence-electron chi connectivity index (χ2n) is 28.1. The first-order valence-corrected chi connectivity index (χ1v) is 39.8. The fourth-order valence-corrected chi connectivity index (χ4v) is 14.3. The number of nitrogens with one attached hydrogen (secondary N) is 4. The van der Waals surface area contributed by atoms with Crippen molar-refractivity contribution in [3.05, 3.63) is 510 Å². The van der Waals surface area contributed by atoms with Crippen molar-refractivity contribution in [2.75, 3.05) is 40.9 Å². The lowest BCUT2D eigenvalue weighted by atomic mass is 10.1. The van der Waals surface area contributed by atoms with Crippen molar-refractivity contribution < 1.29 is 0 Å². The summed E-state index contributed by atoms with van der Waals surface area (Å²) in [7, 11) is 0. The minimum atomic E-state index is 1.06. The van der Waals surface area contributed by atoms with Crippen LogP contribution in [0.15, 0.2) is 510 Å². The first-order chi connectivity index (χ1) is 58.5. The second-order valence-corrected chi connectivity index (χ2v) is 28.1. The zero-order chi connectivity index (χ0) is 79.5. The van der Waals surface area contributed by atoms with E-state index in [1.807, 2.05) is 72.8 Å². The zero-order valence-electron chi connectivity index (χ0n) is 65.3. The molecule has 0 amide bonds. The van der Waals surface area contributed by atoms with E-state index >= 15 is 0 Å². The van der Waals surface area contributed by atoms with Crippen LogP contribution in [0, 0.1) is 0 Å². The molecule has 0 unspecified atom stereocenters. The first-order valence-electron chi connectivity index (χ1n) is 39.8. The number of nitrogens with zero attached hydrogens (tertiary/aromatic N) is 4. The monoisotopic (exact) mass is 1520 g/mol. The molecule has 0 aromatic heterocycles. The number of hydrogen-bond acceptors (Lipinski definition) is 8. The van der Waals surface area contributed by atoms with Crippen LogP contribution in [0.4, 0.5) is 114 Å². The predicted molar refractivity (Wildman–Crippen MR) is 504 cm³/mol. The van der Waals surface area contributed by atoms with Crippen LogP contribution in [0.2, 0.25) is 0 Å². The molecule has 0 bridgehead atoms. The summed E-state index contributed by atoms with van der Waals surface area (Å²) >= 11 is 0. The summed E-state index contributed by atoms with van der Waals surface area (Å²) in [5.74, 6) is 0. The van der Waals surface area contributed by atoms with E-state index in [1.165, 1.54) is 32.7 Å². The summed E-state index contributed by atoms with van der Waals surface area (Å²) in [4.78, 5) is 9.05. The van der Waals surface area contributed by atoms with E-state index in [-0.39, 0.29) is 0 Å². The van der Waals surface area contributed by atoms with Gasteiger partial charge in [0.25, 0.3) is 0 Å². The number of benzene rings is 19. The molecule has 568 valence electrons. The molecule has 118 heavy (non-hydrogen) atoms. The van der Waals surface area contributed by atoms with Crippen molar-refractivity contribution in [3.8, 4) is 11.1 Å². The largest absolute Gasteiger partial charge is 0.356 e. The third-order valence-electron chi connectivity index (χ3n) is 20.1. The topological polar surface area (TPSA) is 61.1 Å². The molecule has 19 aromatic rings. The van der Waals surface area contributed by atoms with Crippen LogP contribution in [-0.4, -0.2) is 0 Å². The third kappa shape index (κ3) is 19.8. The highest BCUT2D eigenvalue weighted by Crippen LogP contribution is 2.41. The highest BCUT2D eigenvalue weighted by molar-refractivity contribution is 5.96. The van der Waals surface area contributed by atoms with Gasteiger partial charge in [0.15, 0.2) is 0 Å². The fraction of sp³-hybridized carbons (Fsp3) is 0. The molecule has 0 aliphatic carbocycles. The second kappa shape index (κ2) is 38.6. The lowest BCUT2D eigenvalue weighted by Gasteiger charge is -2.25. The van der Waals surface area contributed by atoms with E-state index in [4.69, 9.17) is 0 Å². The van der Waals surface area contributed by atoms with Crippen molar-refractivity contribution in [2.45, 2.75) is 0 Å². The number of para-hydroxylation sites is 9. The molecule has 0 aliphatic rings. The summed E-state index contributed by atoms with van der Waals surface area (Å²) in [5.41, 5.74) is 24.6. The molecular formula is C110H88N8. The molecular weight excluding hydrogens is 1430 g/mol. The Balaban J connectivity index is 0.000000118. The van der Waals surface area contributed by atoms with Crippen LogP contribution in [0.1, 0.15) is 0 Å². The van der Waals surface area contributed by atoms with Crippen LogP contribution in [-0.2, 0) is 0 Å². The van der Waals surface area contributed by atoms with Gasteiger partial charge in [-0.15, -0.1) is 0 Å². The Bertz CT molecular complexity index is 6060. The normalized spacial score (nSPS) is 10.5. The van der Waals surface area contributed by atoms with Gasteiger partial charge in [-0.2, -0.15) is 0 Å². The molecule has 0 radical (unpaired) electrons. The number of hydrogen-bond donors (Lipinski definition) is 4. The smallest absolute Gasteiger partial charge is 0.0463 e. The van der Waals surface area contributed by atoms with Gasteiger partial charge in [-0.25, -0.2) is 0 Å². The van der Waals surface area contributed by atoms with Gasteiger partial charge in [0.05, 0.1) is 0 Å². The van der Waals surface area contributed by atoms with Gasteiger partial charge in [-0.3, -0.25) is 0 Å². The highest BCUT2D eigenvalue weighted by Gasteiger charge is 2.17. The van der Waals surface area contributed by atoms with Crippen molar-refractivity contribution in [2.24, 2.45) is 0 Å². The minimum absolute atomic E-state index is 1.06. The van der Waals surface area contributed by atoms with E-state index in [9.17, 15) is 0 Å². The molecule has 19 rings (SSSR count). The van der Waals surface area contributed by atoms with E-state index in [0.717, 1.165) is 114 Å². The Morgan fingerprint density at radius 2 is 0.347 bits per heavy atom. The molecule has 19 aromatic carbocycles. The summed E-state index contributed by atoms with van der Waals surface area (Å²) < 4.78 is 0. The number of anilines is 20. The lowest BCUT2D eigenvalue weighted by Crippen LogP contribution is -2.09. The summed E-state index contributed by atoms with van der Waals surface area (Å²) in [5, 5.41) is 19.0. The molecule has 0 heterocycles. The van der Waals surface area contributed by atoms with Gasteiger partial charge in [-0.1, -0.05) is 273 Å². The summed E-state index contributed by atoms with van der Waals surface area (Å²) in [6.07, 6.45) is 0. The van der Waals surface area contributed by atoms with Crippen LogP contribution < -0.4 is 40.9 Å². The quantitative estimate of drug-likeness (QED) is 0.0568. The Labute approximate surface area is 692 Å². The van der Waals surface area contributed by atoms with Crippen molar-refractivity contribution in [1.29, 1.82) is 0 Å². The van der Waals surface area contributed by atoms with Gasteiger partial charge in [-0.05, 0) is 264 Å². The first kappa shape index (κ1) is 76.1. The van der Waals surface area contributed by atoms with Gasteiger partial charge in [0.1, 0.15) is 0 Å². The van der Waals surface area contributed by atoms with Crippen molar-refractivity contribution in [1.82, 2.24) is 0 Å². The molecule has 0 aliphatic heterocycles. The van der Waals surface area contributed by atoms with E-state index in [0.29, 0.717) is 0 Å². The average Bonchev–Trinajstić information content (AvgIpc) is 0.815. The van der Waals surface area contributed by atoms with Crippen LogP contribution in [0.5, 0.6) is 0 Å². The molecule has 0 saturated carbocycles. The van der Waals surface area contributed by atoms with E-state index in [1.54, 1.807) is 0 Å². The lowest BCUT2D eigenvalue weighted by molar-refractivity contribution is 1.28. The summed E-state index contributed by atoms with van der Waals surface area (Å²) in [6, 6.07) is 177. The highest BCUT2D eigenvalue weighted by atomic mass is 15.2. The minimum Gasteiger partial charge on any atom is -0.356 e. The summed E-state index contributed by atoms with van der Waals surface area (Å²) in [6.45, 7) is 0. The van der Waals surface area contributed by atoms with Crippen molar-refractivity contribution >= 4 is 135 Å².